The normalized spacial score (nSPS) is 13.3. The van der Waals surface area contributed by atoms with Crippen LogP contribution in [0.1, 0.15) is 51.0 Å². The number of hydrogen-bond donors (Lipinski definition) is 0. The highest BCUT2D eigenvalue weighted by atomic mass is 16.5. The van der Waals surface area contributed by atoms with Gasteiger partial charge in [-0.25, -0.2) is 19.4 Å². The topological polar surface area (TPSA) is 108 Å². The number of aromatic nitrogens is 3. The van der Waals surface area contributed by atoms with E-state index in [1.54, 1.807) is 53.3 Å². The van der Waals surface area contributed by atoms with Gasteiger partial charge in [0.05, 0.1) is 34.5 Å². The molecule has 0 saturated carbocycles. The minimum atomic E-state index is -0.704. The van der Waals surface area contributed by atoms with Gasteiger partial charge in [-0.05, 0) is 44.2 Å². The van der Waals surface area contributed by atoms with Crippen LogP contribution in [0.25, 0.3) is 22.5 Å². The lowest BCUT2D eigenvalue weighted by Crippen LogP contribution is -2.33. The molecule has 3 aromatic heterocycles. The Balaban J connectivity index is 1.47. The predicted octanol–water partition coefficient (Wildman–Crippen LogP) is 3.68. The van der Waals surface area contributed by atoms with Gasteiger partial charge < -0.3 is 9.15 Å². The molecule has 4 heterocycles. The summed E-state index contributed by atoms with van der Waals surface area (Å²) in [6.45, 7) is 3.41. The number of benzene rings is 1. The average molecular weight is 430 g/mol. The third kappa shape index (κ3) is 3.06. The van der Waals surface area contributed by atoms with Crippen LogP contribution >= 0.6 is 0 Å². The maximum Gasteiger partial charge on any atom is 0.340 e. The van der Waals surface area contributed by atoms with Crippen LogP contribution in [-0.4, -0.2) is 44.2 Å². The first-order valence-corrected chi connectivity index (χ1v) is 10.00. The zero-order valence-electron chi connectivity index (χ0n) is 17.3. The Bertz CT molecular complexity index is 1340. The molecule has 2 amide bonds. The summed E-state index contributed by atoms with van der Waals surface area (Å²) >= 11 is 0. The van der Waals surface area contributed by atoms with E-state index in [-0.39, 0.29) is 22.7 Å². The highest BCUT2D eigenvalue weighted by Gasteiger charge is 2.36. The third-order valence-corrected chi connectivity index (χ3v) is 5.25. The van der Waals surface area contributed by atoms with Crippen molar-refractivity contribution in [3.63, 3.8) is 0 Å². The first kappa shape index (κ1) is 19.7. The molecular weight excluding hydrogens is 412 g/mol. The molecule has 4 aromatic rings. The van der Waals surface area contributed by atoms with Crippen molar-refractivity contribution in [1.29, 1.82) is 0 Å². The number of rotatable bonds is 5. The van der Waals surface area contributed by atoms with Crippen molar-refractivity contribution in [3.05, 3.63) is 71.6 Å². The van der Waals surface area contributed by atoms with Crippen LogP contribution in [-0.2, 0) is 4.74 Å². The summed E-state index contributed by atoms with van der Waals surface area (Å²) in [7, 11) is 0. The fourth-order valence-corrected chi connectivity index (χ4v) is 3.67. The maximum atomic E-state index is 13.0. The number of fused-ring (bicyclic) bond motifs is 2. The lowest BCUT2D eigenvalue weighted by Gasteiger charge is -2.14. The molecule has 1 aliphatic rings. The van der Waals surface area contributed by atoms with Crippen molar-refractivity contribution in [2.45, 2.75) is 19.9 Å². The van der Waals surface area contributed by atoms with Crippen LogP contribution in [0.3, 0.4) is 0 Å². The smallest absolute Gasteiger partial charge is 0.340 e. The number of esters is 1. The predicted molar refractivity (Wildman–Crippen MR) is 113 cm³/mol. The number of amides is 2. The Labute approximate surface area is 182 Å². The maximum absolute atomic E-state index is 13.0. The summed E-state index contributed by atoms with van der Waals surface area (Å²) in [4.78, 5) is 43.6. The highest BCUT2D eigenvalue weighted by Crippen LogP contribution is 2.28. The molecule has 9 nitrogen and oxygen atoms in total. The van der Waals surface area contributed by atoms with E-state index in [1.165, 1.54) is 6.26 Å². The Kier molecular flexibility index (Phi) is 4.58. The van der Waals surface area contributed by atoms with Crippen molar-refractivity contribution in [2.24, 2.45) is 0 Å². The van der Waals surface area contributed by atoms with Crippen LogP contribution in [0.4, 0.5) is 0 Å². The monoisotopic (exact) mass is 430 g/mol. The molecule has 0 aliphatic carbocycles. The summed E-state index contributed by atoms with van der Waals surface area (Å²) in [5, 5.41) is 4.85. The van der Waals surface area contributed by atoms with E-state index in [0.29, 0.717) is 22.5 Å². The van der Waals surface area contributed by atoms with Gasteiger partial charge in [0.2, 0.25) is 0 Å². The molecule has 160 valence electrons. The molecule has 0 spiro atoms. The van der Waals surface area contributed by atoms with Gasteiger partial charge in [-0.1, -0.05) is 12.1 Å². The fraction of sp³-hybridized carbons (Fsp3) is 0.174. The van der Waals surface area contributed by atoms with Crippen molar-refractivity contribution in [2.75, 3.05) is 6.73 Å². The summed E-state index contributed by atoms with van der Waals surface area (Å²) in [6.07, 6.45) is 3.06. The first-order valence-electron chi connectivity index (χ1n) is 10.00. The van der Waals surface area contributed by atoms with Crippen LogP contribution in [0.2, 0.25) is 0 Å². The highest BCUT2D eigenvalue weighted by molar-refractivity contribution is 6.21. The van der Waals surface area contributed by atoms with Gasteiger partial charge in [0.25, 0.3) is 11.8 Å². The van der Waals surface area contributed by atoms with Crippen LogP contribution in [0.15, 0.2) is 59.3 Å². The summed E-state index contributed by atoms with van der Waals surface area (Å²) < 4.78 is 12.5. The first-order chi connectivity index (χ1) is 15.5. The van der Waals surface area contributed by atoms with E-state index >= 15 is 0 Å². The standard InChI is InChI=1S/C23H18N4O5/c1-13(2)27-20-17(11-24-27)16(10-18(25-20)19-8-5-9-31-19)23(30)32-12-26-21(28)14-6-3-4-7-15(14)22(26)29/h3-11,13H,12H2,1-2H3. The van der Waals surface area contributed by atoms with Crippen LogP contribution in [0.5, 0.6) is 0 Å². The molecule has 0 radical (unpaired) electrons. The number of carbonyl (C=O) groups is 3. The quantitative estimate of drug-likeness (QED) is 0.351. The lowest BCUT2D eigenvalue weighted by molar-refractivity contribution is 0.0229. The summed E-state index contributed by atoms with van der Waals surface area (Å²) in [5.41, 5.74) is 1.74. The minimum Gasteiger partial charge on any atom is -0.463 e. The van der Waals surface area contributed by atoms with Crippen molar-refractivity contribution >= 4 is 28.8 Å². The second kappa shape index (κ2) is 7.45. The molecule has 0 saturated heterocycles. The molecular formula is C23H18N4O5. The van der Waals surface area contributed by atoms with Crippen molar-refractivity contribution in [3.8, 4) is 11.5 Å². The molecule has 9 heteroatoms. The number of nitrogens with zero attached hydrogens (tertiary/aromatic N) is 4. The van der Waals surface area contributed by atoms with Gasteiger partial charge in [-0.2, -0.15) is 5.10 Å². The van der Waals surface area contributed by atoms with Gasteiger partial charge in [0.1, 0.15) is 5.69 Å². The van der Waals surface area contributed by atoms with E-state index < -0.39 is 24.5 Å². The number of hydrogen-bond acceptors (Lipinski definition) is 7. The number of carbonyl (C=O) groups excluding carboxylic acids is 3. The number of imide groups is 1. The number of pyridine rings is 1. The summed E-state index contributed by atoms with van der Waals surface area (Å²) in [6, 6.07) is 11.5. The Hall–Kier alpha value is -4.27. The van der Waals surface area contributed by atoms with E-state index in [1.807, 2.05) is 13.8 Å². The third-order valence-electron chi connectivity index (χ3n) is 5.25. The second-order valence-corrected chi connectivity index (χ2v) is 7.60. The van der Waals surface area contributed by atoms with E-state index in [2.05, 4.69) is 10.1 Å². The Morgan fingerprint density at radius 3 is 2.44 bits per heavy atom. The molecule has 0 unspecified atom stereocenters. The van der Waals surface area contributed by atoms with Gasteiger partial charge in [0, 0.05) is 6.04 Å². The largest absolute Gasteiger partial charge is 0.463 e. The van der Waals surface area contributed by atoms with E-state index in [0.717, 1.165) is 4.90 Å². The fourth-order valence-electron chi connectivity index (χ4n) is 3.67. The average Bonchev–Trinajstić information content (AvgIpc) is 3.52. The number of ether oxygens (including phenoxy) is 1. The molecule has 1 aromatic carbocycles. The molecule has 1 aliphatic heterocycles. The van der Waals surface area contributed by atoms with Crippen LogP contribution < -0.4 is 0 Å². The molecule has 32 heavy (non-hydrogen) atoms. The van der Waals surface area contributed by atoms with Gasteiger partial charge in [0.15, 0.2) is 18.1 Å². The Morgan fingerprint density at radius 2 is 1.81 bits per heavy atom. The molecule has 5 rings (SSSR count). The SMILES string of the molecule is CC(C)n1ncc2c(C(=O)OCN3C(=O)c4ccccc4C3=O)cc(-c3ccco3)nc21. The molecule has 0 bridgehead atoms. The van der Waals surface area contributed by atoms with E-state index in [9.17, 15) is 14.4 Å². The van der Waals surface area contributed by atoms with Gasteiger partial charge >= 0.3 is 5.97 Å². The molecule has 0 fully saturated rings. The minimum absolute atomic E-state index is 0.00840. The molecule has 0 N–H and O–H groups in total. The van der Waals surface area contributed by atoms with Gasteiger partial charge in [-0.3, -0.25) is 9.59 Å². The zero-order chi connectivity index (χ0) is 22.4. The zero-order valence-corrected chi connectivity index (χ0v) is 17.3. The second-order valence-electron chi connectivity index (χ2n) is 7.60. The lowest BCUT2D eigenvalue weighted by atomic mass is 10.1. The Morgan fingerprint density at radius 1 is 1.09 bits per heavy atom. The van der Waals surface area contributed by atoms with Crippen molar-refractivity contribution < 1.29 is 23.5 Å². The van der Waals surface area contributed by atoms with E-state index in [4.69, 9.17) is 9.15 Å². The summed E-state index contributed by atoms with van der Waals surface area (Å²) in [5.74, 6) is -1.22. The van der Waals surface area contributed by atoms with Crippen LogP contribution in [0, 0.1) is 0 Å². The number of furan rings is 1. The van der Waals surface area contributed by atoms with Gasteiger partial charge in [-0.15, -0.1) is 0 Å². The van der Waals surface area contributed by atoms with Crippen molar-refractivity contribution in [1.82, 2.24) is 19.7 Å². The molecule has 0 atom stereocenters.